The van der Waals surface area contributed by atoms with Crippen LogP contribution in [0, 0.1) is 5.92 Å². The van der Waals surface area contributed by atoms with Gasteiger partial charge in [0, 0.05) is 6.54 Å². The summed E-state index contributed by atoms with van der Waals surface area (Å²) in [6.45, 7) is 6.32. The van der Waals surface area contributed by atoms with Crippen molar-refractivity contribution in [1.29, 1.82) is 0 Å². The highest BCUT2D eigenvalue weighted by molar-refractivity contribution is 5.69. The Labute approximate surface area is 90.2 Å². The van der Waals surface area contributed by atoms with Gasteiger partial charge in [-0.1, -0.05) is 0 Å². The molecule has 0 unspecified atom stereocenters. The molecule has 0 aromatic rings. The molecule has 2 rings (SSSR count). The molecule has 0 aromatic carbocycles. The molecule has 4 nitrogen and oxygen atoms in total. The molecule has 1 aliphatic carbocycles. The molecule has 4 heteroatoms. The van der Waals surface area contributed by atoms with E-state index in [1.807, 2.05) is 20.8 Å². The van der Waals surface area contributed by atoms with E-state index in [1.54, 1.807) is 4.90 Å². The smallest absolute Gasteiger partial charge is 0.410 e. The lowest BCUT2D eigenvalue weighted by Gasteiger charge is -2.32. The van der Waals surface area contributed by atoms with Crippen LogP contribution in [0.5, 0.6) is 0 Å². The van der Waals surface area contributed by atoms with Crippen molar-refractivity contribution in [3.63, 3.8) is 0 Å². The summed E-state index contributed by atoms with van der Waals surface area (Å²) in [6, 6.07) is -0.00940. The van der Waals surface area contributed by atoms with Crippen molar-refractivity contribution >= 4 is 6.09 Å². The number of piperidine rings is 1. The number of ether oxygens (including phenoxy) is 1. The number of fused-ring (bicyclic) bond motifs is 2. The lowest BCUT2D eigenvalue weighted by atomic mass is 10.1. The van der Waals surface area contributed by atoms with Gasteiger partial charge in [0.25, 0.3) is 0 Å². The molecule has 1 aliphatic heterocycles. The number of carbonyl (C=O) groups is 1. The first-order valence-corrected chi connectivity index (χ1v) is 5.54. The van der Waals surface area contributed by atoms with Crippen molar-refractivity contribution in [2.45, 2.75) is 51.4 Å². The number of nitrogens with zero attached hydrogens (tertiary/aromatic N) is 1. The summed E-state index contributed by atoms with van der Waals surface area (Å²) in [5, 5.41) is 9.69. The third-order valence-corrected chi connectivity index (χ3v) is 3.08. The van der Waals surface area contributed by atoms with Crippen LogP contribution in [0.15, 0.2) is 0 Å². The van der Waals surface area contributed by atoms with Crippen LogP contribution < -0.4 is 0 Å². The molecule has 1 N–H and O–H groups in total. The van der Waals surface area contributed by atoms with E-state index >= 15 is 0 Å². The van der Waals surface area contributed by atoms with Gasteiger partial charge in [-0.2, -0.15) is 0 Å². The van der Waals surface area contributed by atoms with Gasteiger partial charge in [-0.05, 0) is 39.5 Å². The first-order chi connectivity index (χ1) is 6.87. The highest BCUT2D eigenvalue weighted by atomic mass is 16.6. The van der Waals surface area contributed by atoms with Gasteiger partial charge in [-0.25, -0.2) is 4.79 Å². The van der Waals surface area contributed by atoms with Crippen LogP contribution in [0.3, 0.4) is 0 Å². The Kier molecular flexibility index (Phi) is 2.41. The zero-order valence-electron chi connectivity index (χ0n) is 9.56. The van der Waals surface area contributed by atoms with E-state index < -0.39 is 5.60 Å². The van der Waals surface area contributed by atoms with Crippen LogP contribution in [0.25, 0.3) is 0 Å². The van der Waals surface area contributed by atoms with Gasteiger partial charge in [0.2, 0.25) is 0 Å². The standard InChI is InChI=1S/C11H19NO3/c1-11(2,3)15-10(14)12-6-7-4-8(12)9(13)5-7/h7-9,13H,4-6H2,1-3H3/t7-,8+,9+/m0/s1. The second-order valence-electron chi connectivity index (χ2n) is 5.60. The summed E-state index contributed by atoms with van der Waals surface area (Å²) in [5.74, 6) is 0.470. The molecule has 0 spiro atoms. The van der Waals surface area contributed by atoms with Crippen LogP contribution >= 0.6 is 0 Å². The lowest BCUT2D eigenvalue weighted by Crippen LogP contribution is -2.46. The van der Waals surface area contributed by atoms with E-state index in [2.05, 4.69) is 0 Å². The van der Waals surface area contributed by atoms with Crippen molar-refractivity contribution in [3.05, 3.63) is 0 Å². The molecular formula is C11H19NO3. The summed E-state index contributed by atoms with van der Waals surface area (Å²) in [5.41, 5.74) is -0.454. The van der Waals surface area contributed by atoms with Crippen LogP contribution in [0.1, 0.15) is 33.6 Å². The minimum atomic E-state index is -0.454. The molecular weight excluding hydrogens is 194 g/mol. The predicted molar refractivity (Wildman–Crippen MR) is 55.5 cm³/mol. The van der Waals surface area contributed by atoms with E-state index in [1.165, 1.54) is 0 Å². The van der Waals surface area contributed by atoms with E-state index in [0.717, 1.165) is 19.4 Å². The number of amides is 1. The lowest BCUT2D eigenvalue weighted by molar-refractivity contribution is -0.00176. The molecule has 1 heterocycles. The largest absolute Gasteiger partial charge is 0.444 e. The summed E-state index contributed by atoms with van der Waals surface area (Å²) in [7, 11) is 0. The minimum absolute atomic E-state index is 0.00940. The maximum absolute atomic E-state index is 11.8. The quantitative estimate of drug-likeness (QED) is 0.661. The second kappa shape index (κ2) is 3.37. The van der Waals surface area contributed by atoms with Gasteiger partial charge >= 0.3 is 6.09 Å². The van der Waals surface area contributed by atoms with E-state index in [9.17, 15) is 9.90 Å². The van der Waals surface area contributed by atoms with Crippen molar-refractivity contribution in [2.75, 3.05) is 6.54 Å². The van der Waals surface area contributed by atoms with E-state index in [4.69, 9.17) is 4.74 Å². The second-order valence-corrected chi connectivity index (χ2v) is 5.60. The molecule has 86 valence electrons. The van der Waals surface area contributed by atoms with Gasteiger partial charge in [0.1, 0.15) is 5.60 Å². The Morgan fingerprint density at radius 3 is 2.53 bits per heavy atom. The maximum atomic E-state index is 11.8. The summed E-state index contributed by atoms with van der Waals surface area (Å²) in [6.07, 6.45) is 1.13. The average Bonchev–Trinajstić information content (AvgIpc) is 2.58. The summed E-state index contributed by atoms with van der Waals surface area (Å²) >= 11 is 0. The molecule has 0 radical (unpaired) electrons. The first-order valence-electron chi connectivity index (χ1n) is 5.54. The number of hydrogen-bond donors (Lipinski definition) is 1. The fraction of sp³-hybridized carbons (Fsp3) is 0.909. The third-order valence-electron chi connectivity index (χ3n) is 3.08. The maximum Gasteiger partial charge on any atom is 0.410 e. The summed E-state index contributed by atoms with van der Waals surface area (Å²) in [4.78, 5) is 13.5. The molecule has 2 fully saturated rings. The molecule has 3 atom stereocenters. The number of rotatable bonds is 0. The number of likely N-dealkylation sites (tertiary alicyclic amines) is 1. The van der Waals surface area contributed by atoms with E-state index in [-0.39, 0.29) is 18.2 Å². The molecule has 0 aromatic heterocycles. The predicted octanol–water partition coefficient (Wildman–Crippen LogP) is 1.38. The SMILES string of the molecule is CC(C)(C)OC(=O)N1C[C@@H]2C[C@@H](O)[C@H]1C2. The Bertz CT molecular complexity index is 271. The fourth-order valence-electron chi connectivity index (χ4n) is 2.52. The summed E-state index contributed by atoms with van der Waals surface area (Å²) < 4.78 is 5.30. The average molecular weight is 213 g/mol. The third kappa shape index (κ3) is 2.09. The Morgan fingerprint density at radius 1 is 1.40 bits per heavy atom. The zero-order valence-corrected chi connectivity index (χ0v) is 9.56. The van der Waals surface area contributed by atoms with Crippen LogP contribution in [0.2, 0.25) is 0 Å². The van der Waals surface area contributed by atoms with Crippen molar-refractivity contribution < 1.29 is 14.6 Å². The Balaban J connectivity index is 1.98. The highest BCUT2D eigenvalue weighted by Crippen LogP contribution is 2.38. The van der Waals surface area contributed by atoms with E-state index in [0.29, 0.717) is 5.92 Å². The van der Waals surface area contributed by atoms with Gasteiger partial charge < -0.3 is 14.7 Å². The monoisotopic (exact) mass is 213 g/mol. The van der Waals surface area contributed by atoms with Crippen LogP contribution in [-0.4, -0.2) is 40.4 Å². The number of hydrogen-bond acceptors (Lipinski definition) is 3. The van der Waals surface area contributed by atoms with Crippen molar-refractivity contribution in [1.82, 2.24) is 4.90 Å². The van der Waals surface area contributed by atoms with Gasteiger partial charge in [-0.3, -0.25) is 0 Å². The molecule has 2 bridgehead atoms. The topological polar surface area (TPSA) is 49.8 Å². The van der Waals surface area contributed by atoms with Crippen molar-refractivity contribution in [2.24, 2.45) is 5.92 Å². The number of aliphatic hydroxyl groups excluding tert-OH is 1. The van der Waals surface area contributed by atoms with Gasteiger partial charge in [0.05, 0.1) is 12.1 Å². The molecule has 1 saturated carbocycles. The zero-order chi connectivity index (χ0) is 11.2. The van der Waals surface area contributed by atoms with Gasteiger partial charge in [0.15, 0.2) is 0 Å². The van der Waals surface area contributed by atoms with Gasteiger partial charge in [-0.15, -0.1) is 0 Å². The highest BCUT2D eigenvalue weighted by Gasteiger charge is 2.47. The van der Waals surface area contributed by atoms with Crippen LogP contribution in [0.4, 0.5) is 4.79 Å². The number of aliphatic hydroxyl groups is 1. The molecule has 1 amide bonds. The minimum Gasteiger partial charge on any atom is -0.444 e. The number of carbonyl (C=O) groups excluding carboxylic acids is 1. The normalized spacial score (nSPS) is 34.7. The van der Waals surface area contributed by atoms with Crippen molar-refractivity contribution in [3.8, 4) is 0 Å². The van der Waals surface area contributed by atoms with Crippen LogP contribution in [-0.2, 0) is 4.74 Å². The first kappa shape index (κ1) is 10.7. The molecule has 15 heavy (non-hydrogen) atoms. The molecule has 2 aliphatic rings. The fourth-order valence-corrected chi connectivity index (χ4v) is 2.52. The molecule has 1 saturated heterocycles. The Hall–Kier alpha value is -0.770. The Morgan fingerprint density at radius 2 is 2.07 bits per heavy atom.